The van der Waals surface area contributed by atoms with Gasteiger partial charge < -0.3 is 5.11 Å². The van der Waals surface area contributed by atoms with Crippen LogP contribution < -0.4 is 4.72 Å². The lowest BCUT2D eigenvalue weighted by molar-refractivity contribution is -0.137. The molecule has 0 aliphatic heterocycles. The van der Waals surface area contributed by atoms with Crippen LogP contribution in [0, 0.1) is 5.82 Å². The Morgan fingerprint density at radius 2 is 1.90 bits per heavy atom. The Labute approximate surface area is 121 Å². The molecule has 0 saturated carbocycles. The molecule has 0 amide bonds. The van der Waals surface area contributed by atoms with Crippen LogP contribution >= 0.6 is 0 Å². The molecule has 1 aromatic carbocycles. The molecule has 0 spiro atoms. The van der Waals surface area contributed by atoms with Crippen LogP contribution in [0.15, 0.2) is 28.0 Å². The minimum absolute atomic E-state index is 0.0818. The van der Waals surface area contributed by atoms with Gasteiger partial charge in [-0.3, -0.25) is 4.79 Å². The molecule has 1 aromatic rings. The van der Waals surface area contributed by atoms with Crippen molar-refractivity contribution in [2.45, 2.75) is 22.6 Å². The van der Waals surface area contributed by atoms with Gasteiger partial charge in [0.1, 0.15) is 10.7 Å². The molecule has 0 fully saturated rings. The number of sulfone groups is 1. The summed E-state index contributed by atoms with van der Waals surface area (Å²) >= 11 is 0. The Kier molecular flexibility index (Phi) is 5.42. The summed E-state index contributed by atoms with van der Waals surface area (Å²) < 4.78 is 61.8. The van der Waals surface area contributed by atoms with Crippen molar-refractivity contribution in [2.24, 2.45) is 0 Å². The minimum Gasteiger partial charge on any atom is -0.481 e. The number of benzene rings is 1. The lowest BCUT2D eigenvalue weighted by atomic mass is 10.3. The van der Waals surface area contributed by atoms with Gasteiger partial charge in [0.05, 0.1) is 4.90 Å². The summed E-state index contributed by atoms with van der Waals surface area (Å²) in [6, 6.07) is 2.45. The predicted octanol–water partition coefficient (Wildman–Crippen LogP) is 0.372. The predicted molar refractivity (Wildman–Crippen MR) is 71.6 cm³/mol. The molecular weight excluding hydrogens is 325 g/mol. The van der Waals surface area contributed by atoms with E-state index < -0.39 is 41.4 Å². The van der Waals surface area contributed by atoms with E-state index in [-0.39, 0.29) is 19.4 Å². The average Bonchev–Trinajstić information content (AvgIpc) is 2.32. The zero-order valence-corrected chi connectivity index (χ0v) is 12.7. The lowest BCUT2D eigenvalue weighted by Gasteiger charge is -2.07. The van der Waals surface area contributed by atoms with Crippen molar-refractivity contribution in [1.82, 2.24) is 4.72 Å². The number of hydrogen-bond acceptors (Lipinski definition) is 5. The Morgan fingerprint density at radius 1 is 1.29 bits per heavy atom. The molecule has 118 valence electrons. The highest BCUT2D eigenvalue weighted by atomic mass is 32.2. The molecule has 0 aromatic heterocycles. The van der Waals surface area contributed by atoms with Gasteiger partial charge in [0.2, 0.25) is 10.0 Å². The molecule has 7 nitrogen and oxygen atoms in total. The molecule has 0 aliphatic carbocycles. The Balaban J connectivity index is 2.90. The van der Waals surface area contributed by atoms with E-state index in [0.717, 1.165) is 18.4 Å². The molecule has 0 aliphatic rings. The number of halogens is 1. The summed E-state index contributed by atoms with van der Waals surface area (Å²) in [4.78, 5) is 9.27. The first kappa shape index (κ1) is 17.5. The molecule has 1 rings (SSSR count). The summed E-state index contributed by atoms with van der Waals surface area (Å²) in [7, 11) is -7.80. The van der Waals surface area contributed by atoms with Gasteiger partial charge in [-0.05, 0) is 24.6 Å². The molecule has 0 radical (unpaired) electrons. The number of carboxylic acid groups (broad SMARTS) is 1. The number of hydrogen-bond donors (Lipinski definition) is 2. The highest BCUT2D eigenvalue weighted by molar-refractivity contribution is 7.90. The second kappa shape index (κ2) is 6.50. The van der Waals surface area contributed by atoms with E-state index in [1.807, 2.05) is 0 Å². The first-order valence-corrected chi connectivity index (χ1v) is 9.12. The maximum atomic E-state index is 13.6. The van der Waals surface area contributed by atoms with Gasteiger partial charge in [0.25, 0.3) is 0 Å². The maximum Gasteiger partial charge on any atom is 0.303 e. The molecule has 0 heterocycles. The van der Waals surface area contributed by atoms with E-state index in [4.69, 9.17) is 5.11 Å². The van der Waals surface area contributed by atoms with E-state index in [2.05, 4.69) is 4.72 Å². The fourth-order valence-electron chi connectivity index (χ4n) is 1.48. The maximum absolute atomic E-state index is 13.6. The van der Waals surface area contributed by atoms with Gasteiger partial charge in [0.15, 0.2) is 9.84 Å². The van der Waals surface area contributed by atoms with Crippen molar-refractivity contribution in [3.05, 3.63) is 24.0 Å². The van der Waals surface area contributed by atoms with E-state index in [9.17, 15) is 26.0 Å². The first-order chi connectivity index (χ1) is 9.54. The zero-order chi connectivity index (χ0) is 16.3. The molecule has 0 bridgehead atoms. The third-order valence-corrected chi connectivity index (χ3v) is 5.06. The minimum atomic E-state index is -4.02. The lowest BCUT2D eigenvalue weighted by Crippen LogP contribution is -2.25. The van der Waals surface area contributed by atoms with Crippen LogP contribution in [-0.2, 0) is 24.7 Å². The second-order valence-electron chi connectivity index (χ2n) is 4.26. The highest BCUT2D eigenvalue weighted by Gasteiger charge is 2.19. The fraction of sp³-hybridized carbons (Fsp3) is 0.364. The van der Waals surface area contributed by atoms with Crippen LogP contribution in [0.5, 0.6) is 0 Å². The number of carboxylic acids is 1. The van der Waals surface area contributed by atoms with Gasteiger partial charge >= 0.3 is 5.97 Å². The molecule has 0 atom stereocenters. The van der Waals surface area contributed by atoms with E-state index in [1.54, 1.807) is 0 Å². The molecular formula is C11H14FNO6S2. The van der Waals surface area contributed by atoms with Gasteiger partial charge in [-0.25, -0.2) is 25.9 Å². The SMILES string of the molecule is CS(=O)(=O)c1ccc(S(=O)(=O)NCCCC(=O)O)cc1F. The Hall–Kier alpha value is -1.52. The monoisotopic (exact) mass is 339 g/mol. The van der Waals surface area contributed by atoms with Crippen molar-refractivity contribution in [1.29, 1.82) is 0 Å². The quantitative estimate of drug-likeness (QED) is 0.693. The molecule has 21 heavy (non-hydrogen) atoms. The number of rotatable bonds is 7. The fourth-order valence-corrected chi connectivity index (χ4v) is 3.29. The highest BCUT2D eigenvalue weighted by Crippen LogP contribution is 2.18. The van der Waals surface area contributed by atoms with Crippen LogP contribution in [0.1, 0.15) is 12.8 Å². The third-order valence-electron chi connectivity index (χ3n) is 2.47. The smallest absolute Gasteiger partial charge is 0.303 e. The number of nitrogens with one attached hydrogen (secondary N) is 1. The third kappa shape index (κ3) is 5.06. The van der Waals surface area contributed by atoms with E-state index in [0.29, 0.717) is 6.07 Å². The van der Waals surface area contributed by atoms with Crippen LogP contribution in [0.2, 0.25) is 0 Å². The molecule has 0 unspecified atom stereocenters. The van der Waals surface area contributed by atoms with Crippen molar-refractivity contribution in [3.8, 4) is 0 Å². The summed E-state index contributed by atoms with van der Waals surface area (Å²) in [6.07, 6.45) is 0.687. The van der Waals surface area contributed by atoms with Crippen LogP contribution in [0.4, 0.5) is 4.39 Å². The van der Waals surface area contributed by atoms with Crippen molar-refractivity contribution < 1.29 is 31.1 Å². The largest absolute Gasteiger partial charge is 0.481 e. The summed E-state index contributed by atoms with van der Waals surface area (Å²) in [6.45, 7) is -0.121. The van der Waals surface area contributed by atoms with E-state index in [1.165, 1.54) is 0 Å². The van der Waals surface area contributed by atoms with Crippen molar-refractivity contribution in [3.63, 3.8) is 0 Å². The van der Waals surface area contributed by atoms with Crippen LogP contribution in [-0.4, -0.2) is 40.7 Å². The van der Waals surface area contributed by atoms with Gasteiger partial charge in [-0.15, -0.1) is 0 Å². The summed E-state index contributed by atoms with van der Waals surface area (Å²) in [5, 5.41) is 8.42. The van der Waals surface area contributed by atoms with Gasteiger partial charge in [0, 0.05) is 19.2 Å². The number of aliphatic carboxylic acids is 1. The second-order valence-corrected chi connectivity index (χ2v) is 8.01. The zero-order valence-electron chi connectivity index (χ0n) is 11.0. The Morgan fingerprint density at radius 3 is 2.38 bits per heavy atom. The van der Waals surface area contributed by atoms with Crippen molar-refractivity contribution >= 4 is 25.8 Å². The standard InChI is InChI=1S/C11H14FNO6S2/c1-20(16,17)10-5-4-8(7-9(10)12)21(18,19)13-6-2-3-11(14)15/h4-5,7,13H,2-3,6H2,1H3,(H,14,15). The first-order valence-electron chi connectivity index (χ1n) is 5.75. The molecule has 0 saturated heterocycles. The number of sulfonamides is 1. The van der Waals surface area contributed by atoms with Gasteiger partial charge in [-0.1, -0.05) is 0 Å². The molecule has 10 heteroatoms. The van der Waals surface area contributed by atoms with Crippen LogP contribution in [0.3, 0.4) is 0 Å². The van der Waals surface area contributed by atoms with E-state index >= 15 is 0 Å². The number of carbonyl (C=O) groups is 1. The summed E-state index contributed by atoms with van der Waals surface area (Å²) in [5.41, 5.74) is 0. The normalized spacial score (nSPS) is 12.3. The van der Waals surface area contributed by atoms with Crippen LogP contribution in [0.25, 0.3) is 0 Å². The van der Waals surface area contributed by atoms with Gasteiger partial charge in [-0.2, -0.15) is 0 Å². The Bertz CT molecular complexity index is 742. The topological polar surface area (TPSA) is 118 Å². The van der Waals surface area contributed by atoms with Crippen molar-refractivity contribution in [2.75, 3.05) is 12.8 Å². The summed E-state index contributed by atoms with van der Waals surface area (Å²) in [5.74, 6) is -2.22. The molecule has 2 N–H and O–H groups in total. The average molecular weight is 339 g/mol.